The summed E-state index contributed by atoms with van der Waals surface area (Å²) in [4.78, 5) is 12.2. The molecule has 27 heavy (non-hydrogen) atoms. The maximum atomic E-state index is 12.2. The van der Waals surface area contributed by atoms with E-state index in [2.05, 4.69) is 48.9 Å². The average molecular weight is 562 g/mol. The number of aromatic nitrogens is 2. The first-order valence-corrected chi connectivity index (χ1v) is 10.1. The molecule has 3 aromatic rings. The van der Waals surface area contributed by atoms with Gasteiger partial charge in [0.05, 0.1) is 33.3 Å². The number of hydrogen-bond donors (Lipinski definition) is 3. The maximum Gasteiger partial charge on any atom is 0.276 e. The summed E-state index contributed by atoms with van der Waals surface area (Å²) in [5.41, 5.74) is 5.64. The van der Waals surface area contributed by atoms with E-state index >= 15 is 0 Å². The van der Waals surface area contributed by atoms with Gasteiger partial charge in [0.25, 0.3) is 5.91 Å². The fraction of sp³-hybridized carbons (Fsp3) is 0.111. The second-order valence-electron chi connectivity index (χ2n) is 5.88. The van der Waals surface area contributed by atoms with E-state index < -0.39 is 5.91 Å². The van der Waals surface area contributed by atoms with Crippen LogP contribution in [-0.4, -0.2) is 20.9 Å². The van der Waals surface area contributed by atoms with Gasteiger partial charge in [0, 0.05) is 13.7 Å². The number of aryl methyl sites for hydroxylation is 2. The monoisotopic (exact) mass is 560 g/mol. The fourth-order valence-electron chi connectivity index (χ4n) is 2.68. The molecule has 1 aromatic heterocycles. The Hall–Kier alpha value is -1.62. The van der Waals surface area contributed by atoms with Gasteiger partial charge < -0.3 is 5.32 Å². The number of nitrogens with one attached hydrogen (secondary N) is 2. The third-order valence-corrected chi connectivity index (χ3v) is 5.49. The van der Waals surface area contributed by atoms with Crippen molar-refractivity contribution in [1.29, 1.82) is 0 Å². The largest absolute Gasteiger partial charge is 0.354 e. The summed E-state index contributed by atoms with van der Waals surface area (Å²) in [7, 11) is 0. The highest BCUT2D eigenvalue weighted by molar-refractivity contribution is 14.1. The summed E-state index contributed by atoms with van der Waals surface area (Å²) in [5.74, 6) is -0.639. The van der Waals surface area contributed by atoms with Crippen LogP contribution in [0.5, 0.6) is 0 Å². The number of hydrogen-bond acceptors (Lipinski definition) is 4. The Bertz CT molecular complexity index is 1040. The molecule has 6 nitrogen and oxygen atoms in total. The molecule has 0 saturated heterocycles. The minimum atomic E-state index is -0.639. The Morgan fingerprint density at radius 2 is 1.96 bits per heavy atom. The zero-order chi connectivity index (χ0) is 19.7. The van der Waals surface area contributed by atoms with Gasteiger partial charge in [-0.05, 0) is 88.8 Å². The molecule has 0 spiro atoms. The standard InChI is InChI=1S/C18H15BrClIN4O2/c1-9-5-10(2)25(23-9)17-8-16(12(7-13(17)19)18(26)24-27)22-15-4-3-11(21)6-14(15)20/h3-8,22,27H,1-2H3,(H,24,26). The molecule has 140 valence electrons. The second kappa shape index (κ2) is 8.17. The van der Waals surface area contributed by atoms with Crippen molar-refractivity contribution < 1.29 is 10.0 Å². The molecule has 0 aliphatic rings. The topological polar surface area (TPSA) is 79.2 Å². The predicted octanol–water partition coefficient (Wildman–Crippen LogP) is 5.37. The van der Waals surface area contributed by atoms with Crippen molar-refractivity contribution in [1.82, 2.24) is 15.3 Å². The number of carbonyl (C=O) groups is 1. The molecule has 3 N–H and O–H groups in total. The first-order valence-electron chi connectivity index (χ1n) is 7.84. The predicted molar refractivity (Wildman–Crippen MR) is 117 cm³/mol. The van der Waals surface area contributed by atoms with Crippen LogP contribution in [0.1, 0.15) is 21.7 Å². The van der Waals surface area contributed by atoms with Crippen LogP contribution in [0.4, 0.5) is 11.4 Å². The lowest BCUT2D eigenvalue weighted by Crippen LogP contribution is -2.20. The molecule has 0 fully saturated rings. The van der Waals surface area contributed by atoms with Gasteiger partial charge in [-0.3, -0.25) is 10.0 Å². The first-order chi connectivity index (χ1) is 12.8. The highest BCUT2D eigenvalue weighted by Gasteiger charge is 2.18. The Morgan fingerprint density at radius 3 is 2.56 bits per heavy atom. The molecule has 0 atom stereocenters. The minimum Gasteiger partial charge on any atom is -0.354 e. The zero-order valence-electron chi connectivity index (χ0n) is 14.3. The summed E-state index contributed by atoms with van der Waals surface area (Å²) in [6.07, 6.45) is 0. The Labute approximate surface area is 183 Å². The third kappa shape index (κ3) is 4.29. The highest BCUT2D eigenvalue weighted by atomic mass is 127. The molecule has 0 bridgehead atoms. The molecule has 3 rings (SSSR count). The molecular formula is C18H15BrClIN4O2. The maximum absolute atomic E-state index is 12.2. The lowest BCUT2D eigenvalue weighted by atomic mass is 10.1. The van der Waals surface area contributed by atoms with Crippen molar-refractivity contribution in [2.45, 2.75) is 13.8 Å². The van der Waals surface area contributed by atoms with Gasteiger partial charge in [0.15, 0.2) is 0 Å². The van der Waals surface area contributed by atoms with Crippen molar-refractivity contribution in [2.24, 2.45) is 0 Å². The van der Waals surface area contributed by atoms with E-state index in [9.17, 15) is 4.79 Å². The highest BCUT2D eigenvalue weighted by Crippen LogP contribution is 2.33. The van der Waals surface area contributed by atoms with Crippen molar-refractivity contribution in [3.63, 3.8) is 0 Å². The number of anilines is 2. The van der Waals surface area contributed by atoms with E-state index in [0.29, 0.717) is 20.9 Å². The molecule has 0 aliphatic heterocycles. The molecule has 0 radical (unpaired) electrons. The van der Waals surface area contributed by atoms with Crippen molar-refractivity contribution in [2.75, 3.05) is 5.32 Å². The SMILES string of the molecule is Cc1cc(C)n(-c2cc(Nc3ccc(I)cc3Cl)c(C(=O)NO)cc2Br)n1. The van der Waals surface area contributed by atoms with Crippen LogP contribution >= 0.6 is 50.1 Å². The molecule has 0 saturated carbocycles. The van der Waals surface area contributed by atoms with E-state index in [-0.39, 0.29) is 5.56 Å². The molecular weight excluding hydrogens is 546 g/mol. The Morgan fingerprint density at radius 1 is 1.22 bits per heavy atom. The van der Waals surface area contributed by atoms with Gasteiger partial charge in [-0.25, -0.2) is 10.2 Å². The van der Waals surface area contributed by atoms with E-state index in [1.54, 1.807) is 22.3 Å². The first kappa shape index (κ1) is 20.1. The van der Waals surface area contributed by atoms with Crippen LogP contribution in [0, 0.1) is 17.4 Å². The van der Waals surface area contributed by atoms with Gasteiger partial charge in [0.1, 0.15) is 0 Å². The van der Waals surface area contributed by atoms with Crippen LogP contribution in [-0.2, 0) is 0 Å². The summed E-state index contributed by atoms with van der Waals surface area (Å²) < 4.78 is 3.43. The van der Waals surface area contributed by atoms with E-state index in [4.69, 9.17) is 16.8 Å². The van der Waals surface area contributed by atoms with Crippen LogP contribution < -0.4 is 10.8 Å². The Kier molecular flexibility index (Phi) is 6.09. The molecule has 0 unspecified atom stereocenters. The number of halogens is 3. The van der Waals surface area contributed by atoms with E-state index in [1.807, 2.05) is 38.1 Å². The van der Waals surface area contributed by atoms with Crippen molar-refractivity contribution in [3.8, 4) is 5.69 Å². The molecule has 2 aromatic carbocycles. The lowest BCUT2D eigenvalue weighted by Gasteiger charge is -2.16. The van der Waals surface area contributed by atoms with Gasteiger partial charge in [-0.1, -0.05) is 11.6 Å². The van der Waals surface area contributed by atoms with Crippen LogP contribution in [0.15, 0.2) is 40.9 Å². The summed E-state index contributed by atoms with van der Waals surface area (Å²) >= 11 is 12.0. The molecule has 1 heterocycles. The molecule has 0 aliphatic carbocycles. The van der Waals surface area contributed by atoms with Crippen molar-refractivity contribution in [3.05, 3.63) is 66.4 Å². The summed E-state index contributed by atoms with van der Waals surface area (Å²) in [6, 6.07) is 10.9. The van der Waals surface area contributed by atoms with Crippen LogP contribution in [0.25, 0.3) is 5.69 Å². The smallest absolute Gasteiger partial charge is 0.276 e. The number of carbonyl (C=O) groups excluding carboxylic acids is 1. The zero-order valence-corrected chi connectivity index (χ0v) is 18.8. The van der Waals surface area contributed by atoms with Crippen molar-refractivity contribution >= 4 is 67.4 Å². The van der Waals surface area contributed by atoms with Gasteiger partial charge in [-0.2, -0.15) is 5.10 Å². The number of hydroxylamine groups is 1. The van der Waals surface area contributed by atoms with Gasteiger partial charge in [0.2, 0.25) is 0 Å². The normalized spacial score (nSPS) is 10.7. The van der Waals surface area contributed by atoms with Gasteiger partial charge >= 0.3 is 0 Å². The number of rotatable bonds is 4. The number of nitrogens with zero attached hydrogens (tertiary/aromatic N) is 2. The van der Waals surface area contributed by atoms with Gasteiger partial charge in [-0.15, -0.1) is 0 Å². The van der Waals surface area contributed by atoms with Crippen LogP contribution in [0.2, 0.25) is 5.02 Å². The van der Waals surface area contributed by atoms with E-state index in [0.717, 1.165) is 20.6 Å². The lowest BCUT2D eigenvalue weighted by molar-refractivity contribution is 0.0707. The summed E-state index contributed by atoms with van der Waals surface area (Å²) in [5, 5.41) is 17.3. The van der Waals surface area contributed by atoms with Crippen LogP contribution in [0.3, 0.4) is 0 Å². The summed E-state index contributed by atoms with van der Waals surface area (Å²) in [6.45, 7) is 3.86. The second-order valence-corrected chi connectivity index (χ2v) is 8.39. The Balaban J connectivity index is 2.15. The minimum absolute atomic E-state index is 0.254. The number of benzene rings is 2. The van der Waals surface area contributed by atoms with E-state index in [1.165, 1.54) is 0 Å². The number of amides is 1. The molecule has 9 heteroatoms. The fourth-order valence-corrected chi connectivity index (χ4v) is 4.10. The quantitative estimate of drug-likeness (QED) is 0.227. The third-order valence-electron chi connectivity index (χ3n) is 3.87. The molecule has 1 amide bonds. The average Bonchev–Trinajstić information content (AvgIpc) is 2.95.